The van der Waals surface area contributed by atoms with Crippen LogP contribution in [0.25, 0.3) is 0 Å². The smallest absolute Gasteiger partial charge is 0.433 e. The average Bonchev–Trinajstić information content (AvgIpc) is 2.83. The van der Waals surface area contributed by atoms with Gasteiger partial charge in [0.15, 0.2) is 5.16 Å². The van der Waals surface area contributed by atoms with Crippen molar-refractivity contribution in [1.82, 2.24) is 20.3 Å². The summed E-state index contributed by atoms with van der Waals surface area (Å²) >= 11 is 0.970. The lowest BCUT2D eigenvalue weighted by atomic mass is 9.85. The summed E-state index contributed by atoms with van der Waals surface area (Å²) in [5, 5.41) is 20.0. The fourth-order valence-corrected chi connectivity index (χ4v) is 4.59. The molecule has 0 bridgehead atoms. The Bertz CT molecular complexity index is 1060. The number of thioether (sulfide) groups is 1. The molecule has 0 aromatic carbocycles. The predicted molar refractivity (Wildman–Crippen MR) is 123 cm³/mol. The van der Waals surface area contributed by atoms with Gasteiger partial charge in [-0.3, -0.25) is 15.2 Å². The number of carbonyl (C=O) groups excluding carboxylic acids is 1. The number of carboxylic acids is 1. The number of amides is 1. The molecule has 1 amide bonds. The first-order chi connectivity index (χ1) is 16.6. The maximum absolute atomic E-state index is 12.8. The Labute approximate surface area is 204 Å². The molecule has 1 saturated carbocycles. The Kier molecular flexibility index (Phi) is 9.19. The van der Waals surface area contributed by atoms with Gasteiger partial charge in [0.25, 0.3) is 5.91 Å². The number of alkyl halides is 3. The minimum absolute atomic E-state index is 0.0563. The fourth-order valence-electron chi connectivity index (χ4n) is 3.86. The van der Waals surface area contributed by atoms with E-state index < -0.39 is 29.8 Å². The largest absolute Gasteiger partial charge is 0.480 e. The highest BCUT2D eigenvalue weighted by molar-refractivity contribution is 7.98. The fraction of sp³-hybridized carbons (Fsp3) is 0.478. The van der Waals surface area contributed by atoms with E-state index in [1.54, 1.807) is 18.2 Å². The highest BCUT2D eigenvalue weighted by atomic mass is 32.2. The highest BCUT2D eigenvalue weighted by Crippen LogP contribution is 2.29. The van der Waals surface area contributed by atoms with Crippen LogP contribution in [0.15, 0.2) is 35.6 Å². The van der Waals surface area contributed by atoms with Crippen LogP contribution in [-0.2, 0) is 27.9 Å². The van der Waals surface area contributed by atoms with Crippen molar-refractivity contribution in [2.24, 2.45) is 5.92 Å². The molecule has 0 saturated heterocycles. The molecule has 0 spiro atoms. The van der Waals surface area contributed by atoms with Crippen molar-refractivity contribution in [2.45, 2.75) is 68.1 Å². The Morgan fingerprint density at radius 2 is 1.86 bits per heavy atom. The number of halogens is 3. The quantitative estimate of drug-likeness (QED) is 0.248. The van der Waals surface area contributed by atoms with E-state index in [9.17, 15) is 27.9 Å². The van der Waals surface area contributed by atoms with Crippen LogP contribution in [-0.4, -0.2) is 43.7 Å². The van der Waals surface area contributed by atoms with Crippen LogP contribution < -0.4 is 5.32 Å². The standard InChI is InChI=1S/C23H26F3N5O3S/c24-23(25,26)19-9-10-28-22(31-19)35-13-16-8-4-7-15(29-16)12-18(21(33)34)30-20(32)17(27)11-14-5-2-1-3-6-14/h4,7-10,14,18,27H,1-3,5-6,11-13H2,(H,30,32)(H,33,34). The van der Waals surface area contributed by atoms with Crippen molar-refractivity contribution >= 4 is 29.4 Å². The van der Waals surface area contributed by atoms with Crippen molar-refractivity contribution in [3.8, 4) is 0 Å². The van der Waals surface area contributed by atoms with Gasteiger partial charge in [-0.2, -0.15) is 13.2 Å². The predicted octanol–water partition coefficient (Wildman–Crippen LogP) is 4.28. The van der Waals surface area contributed by atoms with Gasteiger partial charge in [0, 0.05) is 24.1 Å². The molecule has 1 unspecified atom stereocenters. The van der Waals surface area contributed by atoms with E-state index in [0.29, 0.717) is 17.8 Å². The number of aliphatic carboxylic acids is 1. The van der Waals surface area contributed by atoms with E-state index in [0.717, 1.165) is 56.1 Å². The number of hydrogen-bond acceptors (Lipinski definition) is 7. The SMILES string of the molecule is N=C(CC1CCCCC1)C(=O)NC(Cc1cccc(CSc2nccc(C(F)(F)F)n2)n1)C(=O)O. The summed E-state index contributed by atoms with van der Waals surface area (Å²) < 4.78 is 38.5. The molecule has 1 aliphatic rings. The van der Waals surface area contributed by atoms with Crippen LogP contribution in [0.4, 0.5) is 13.2 Å². The highest BCUT2D eigenvalue weighted by Gasteiger charge is 2.32. The third-order valence-electron chi connectivity index (χ3n) is 5.65. The number of carbonyl (C=O) groups is 2. The average molecular weight is 510 g/mol. The van der Waals surface area contributed by atoms with Gasteiger partial charge in [0.05, 0.1) is 11.4 Å². The topological polar surface area (TPSA) is 129 Å². The number of hydrogen-bond donors (Lipinski definition) is 3. The first-order valence-corrected chi connectivity index (χ1v) is 12.2. The number of pyridine rings is 1. The normalized spacial score (nSPS) is 15.4. The zero-order valence-corrected chi connectivity index (χ0v) is 19.7. The molecule has 2 aromatic heterocycles. The maximum Gasteiger partial charge on any atom is 0.433 e. The summed E-state index contributed by atoms with van der Waals surface area (Å²) in [5.74, 6) is -1.49. The second kappa shape index (κ2) is 12.1. The molecule has 2 heterocycles. The van der Waals surface area contributed by atoms with Gasteiger partial charge in [0.1, 0.15) is 11.7 Å². The number of rotatable bonds is 10. The van der Waals surface area contributed by atoms with E-state index in [-0.39, 0.29) is 29.0 Å². The Morgan fingerprint density at radius 1 is 1.14 bits per heavy atom. The van der Waals surface area contributed by atoms with Gasteiger partial charge in [-0.05, 0) is 30.5 Å². The summed E-state index contributed by atoms with van der Waals surface area (Å²) in [4.78, 5) is 35.9. The summed E-state index contributed by atoms with van der Waals surface area (Å²) in [5.41, 5.74) is -0.276. The second-order valence-corrected chi connectivity index (χ2v) is 9.33. The molecular formula is C23H26F3N5O3S. The van der Waals surface area contributed by atoms with Gasteiger partial charge in [-0.1, -0.05) is 49.9 Å². The molecule has 12 heteroatoms. The zero-order valence-electron chi connectivity index (χ0n) is 18.8. The number of nitrogens with zero attached hydrogens (tertiary/aromatic N) is 3. The first-order valence-electron chi connectivity index (χ1n) is 11.2. The molecule has 1 fully saturated rings. The summed E-state index contributed by atoms with van der Waals surface area (Å²) in [6.07, 6.45) is 1.96. The molecule has 2 aromatic rings. The van der Waals surface area contributed by atoms with Crippen LogP contribution >= 0.6 is 11.8 Å². The maximum atomic E-state index is 12.8. The number of carboxylic acid groups (broad SMARTS) is 1. The molecule has 8 nitrogen and oxygen atoms in total. The first kappa shape index (κ1) is 26.6. The monoisotopic (exact) mass is 509 g/mol. The van der Waals surface area contributed by atoms with Crippen LogP contribution in [0, 0.1) is 11.3 Å². The molecule has 0 aliphatic heterocycles. The molecule has 188 valence electrons. The van der Waals surface area contributed by atoms with Crippen molar-refractivity contribution in [3.63, 3.8) is 0 Å². The number of nitrogens with one attached hydrogen (secondary N) is 2. The Balaban J connectivity index is 1.58. The van der Waals surface area contributed by atoms with Crippen molar-refractivity contribution in [3.05, 3.63) is 47.5 Å². The summed E-state index contributed by atoms with van der Waals surface area (Å²) in [6.45, 7) is 0. The summed E-state index contributed by atoms with van der Waals surface area (Å²) in [7, 11) is 0. The van der Waals surface area contributed by atoms with Gasteiger partial charge >= 0.3 is 12.1 Å². The van der Waals surface area contributed by atoms with Gasteiger partial charge in [-0.15, -0.1) is 0 Å². The molecule has 35 heavy (non-hydrogen) atoms. The molecule has 0 radical (unpaired) electrons. The minimum Gasteiger partial charge on any atom is -0.480 e. The van der Waals surface area contributed by atoms with E-state index in [1.807, 2.05) is 0 Å². The van der Waals surface area contributed by atoms with Crippen LogP contribution in [0.2, 0.25) is 0 Å². The second-order valence-electron chi connectivity index (χ2n) is 8.39. The van der Waals surface area contributed by atoms with Crippen molar-refractivity contribution in [1.29, 1.82) is 5.41 Å². The van der Waals surface area contributed by atoms with Crippen molar-refractivity contribution in [2.75, 3.05) is 0 Å². The summed E-state index contributed by atoms with van der Waals surface area (Å²) in [6, 6.07) is 4.43. The van der Waals surface area contributed by atoms with Gasteiger partial charge in [0.2, 0.25) is 0 Å². The van der Waals surface area contributed by atoms with Gasteiger partial charge in [-0.25, -0.2) is 14.8 Å². The molecule has 1 aliphatic carbocycles. The molecular weight excluding hydrogens is 483 g/mol. The van der Waals surface area contributed by atoms with E-state index >= 15 is 0 Å². The Hall–Kier alpha value is -3.02. The molecule has 1 atom stereocenters. The molecule has 3 rings (SSSR count). The van der Waals surface area contributed by atoms with E-state index in [4.69, 9.17) is 5.41 Å². The lowest BCUT2D eigenvalue weighted by Gasteiger charge is -2.22. The third-order valence-corrected chi connectivity index (χ3v) is 6.54. The van der Waals surface area contributed by atoms with Gasteiger partial charge < -0.3 is 10.4 Å². The molecule has 3 N–H and O–H groups in total. The third kappa shape index (κ3) is 8.30. The van der Waals surface area contributed by atoms with E-state index in [2.05, 4.69) is 20.3 Å². The van der Waals surface area contributed by atoms with Crippen LogP contribution in [0.5, 0.6) is 0 Å². The Morgan fingerprint density at radius 3 is 2.54 bits per heavy atom. The lowest BCUT2D eigenvalue weighted by Crippen LogP contribution is -2.45. The number of aromatic nitrogens is 3. The van der Waals surface area contributed by atoms with Crippen molar-refractivity contribution < 1.29 is 27.9 Å². The minimum atomic E-state index is -4.57. The lowest BCUT2D eigenvalue weighted by molar-refractivity contribution is -0.142. The van der Waals surface area contributed by atoms with Crippen LogP contribution in [0.1, 0.15) is 55.6 Å². The van der Waals surface area contributed by atoms with E-state index in [1.165, 1.54) is 0 Å². The van der Waals surface area contributed by atoms with Crippen LogP contribution in [0.3, 0.4) is 0 Å². The zero-order chi connectivity index (χ0) is 25.4.